The summed E-state index contributed by atoms with van der Waals surface area (Å²) in [6.45, 7) is 3.75. The molecule has 0 bridgehead atoms. The average Bonchev–Trinajstić information content (AvgIpc) is 2.25. The van der Waals surface area contributed by atoms with Crippen molar-refractivity contribution in [1.29, 1.82) is 0 Å². The Morgan fingerprint density at radius 1 is 1.31 bits per heavy atom. The summed E-state index contributed by atoms with van der Waals surface area (Å²) in [4.78, 5) is 22.9. The Morgan fingerprint density at radius 3 is 2.38 bits per heavy atom. The van der Waals surface area contributed by atoms with Crippen LogP contribution in [0.1, 0.15) is 33.1 Å². The fourth-order valence-electron chi connectivity index (χ4n) is 1.25. The third-order valence-electron chi connectivity index (χ3n) is 2.23. The van der Waals surface area contributed by atoms with Gasteiger partial charge in [-0.1, -0.05) is 29.8 Å². The van der Waals surface area contributed by atoms with E-state index in [0.717, 1.165) is 18.2 Å². The zero-order valence-corrected chi connectivity index (χ0v) is 11.7. The number of esters is 1. The van der Waals surface area contributed by atoms with Gasteiger partial charge in [0.15, 0.2) is 0 Å². The van der Waals surface area contributed by atoms with Crippen molar-refractivity contribution in [3.05, 3.63) is 0 Å². The molecule has 0 aromatic heterocycles. The lowest BCUT2D eigenvalue weighted by Gasteiger charge is -2.19. The number of nitrogens with one attached hydrogen (secondary N) is 1. The van der Waals surface area contributed by atoms with Crippen LogP contribution >= 0.6 is 15.9 Å². The van der Waals surface area contributed by atoms with Crippen molar-refractivity contribution in [2.75, 3.05) is 12.4 Å². The lowest BCUT2D eigenvalue weighted by Crippen LogP contribution is -2.44. The number of carbonyl (C=O) groups is 2. The zero-order valence-electron chi connectivity index (χ0n) is 10.1. The van der Waals surface area contributed by atoms with E-state index in [2.05, 4.69) is 26.0 Å². The Balaban J connectivity index is 4.09. The second kappa shape index (κ2) is 8.56. The molecule has 1 atom stereocenters. The monoisotopic (exact) mass is 293 g/mol. The first-order valence-electron chi connectivity index (χ1n) is 5.46. The molecule has 0 aromatic rings. The number of halogens is 1. The molecule has 0 saturated heterocycles. The summed E-state index contributed by atoms with van der Waals surface area (Å²) in [6, 6.07) is -0.540. The van der Waals surface area contributed by atoms with Crippen LogP contribution in [0.5, 0.6) is 0 Å². The van der Waals surface area contributed by atoms with Crippen LogP contribution in [0.15, 0.2) is 0 Å². The standard InChI is InChI=1S/C11H20BrNO3/c1-8(2)10(11(15)16-3)13-9(14)6-4-5-7-12/h8,10H,4-7H2,1-3H3,(H,13,14). The molecular formula is C11H20BrNO3. The summed E-state index contributed by atoms with van der Waals surface area (Å²) in [5.74, 6) is -0.443. The number of amides is 1. The van der Waals surface area contributed by atoms with Crippen molar-refractivity contribution >= 4 is 27.8 Å². The van der Waals surface area contributed by atoms with E-state index in [0.29, 0.717) is 6.42 Å². The van der Waals surface area contributed by atoms with Gasteiger partial charge in [0.05, 0.1) is 7.11 Å². The topological polar surface area (TPSA) is 55.4 Å². The molecule has 0 aliphatic rings. The van der Waals surface area contributed by atoms with Crippen molar-refractivity contribution in [2.45, 2.75) is 39.2 Å². The van der Waals surface area contributed by atoms with Crippen LogP contribution in [0, 0.1) is 5.92 Å². The molecule has 0 saturated carbocycles. The van der Waals surface area contributed by atoms with Gasteiger partial charge in [0, 0.05) is 11.8 Å². The van der Waals surface area contributed by atoms with Gasteiger partial charge >= 0.3 is 5.97 Å². The molecule has 1 N–H and O–H groups in total. The summed E-state index contributed by atoms with van der Waals surface area (Å²) in [5, 5.41) is 3.59. The number of hydrogen-bond acceptors (Lipinski definition) is 3. The van der Waals surface area contributed by atoms with E-state index in [1.165, 1.54) is 7.11 Å². The zero-order chi connectivity index (χ0) is 12.6. The third kappa shape index (κ3) is 6.10. The van der Waals surface area contributed by atoms with Crippen LogP contribution < -0.4 is 5.32 Å². The van der Waals surface area contributed by atoms with E-state index in [1.807, 2.05) is 13.8 Å². The highest BCUT2D eigenvalue weighted by atomic mass is 79.9. The molecule has 16 heavy (non-hydrogen) atoms. The lowest BCUT2D eigenvalue weighted by molar-refractivity contribution is -0.146. The molecule has 0 aromatic carbocycles. The maximum Gasteiger partial charge on any atom is 0.328 e. The fraction of sp³-hybridized carbons (Fsp3) is 0.818. The van der Waals surface area contributed by atoms with Gasteiger partial charge < -0.3 is 10.1 Å². The first-order valence-corrected chi connectivity index (χ1v) is 6.58. The molecule has 1 amide bonds. The predicted octanol–water partition coefficient (Wildman–Crippen LogP) is 1.87. The minimum atomic E-state index is -0.540. The first-order chi connectivity index (χ1) is 7.52. The van der Waals surface area contributed by atoms with Crippen LogP contribution in [-0.4, -0.2) is 30.4 Å². The minimum Gasteiger partial charge on any atom is -0.467 e. The second-order valence-electron chi connectivity index (χ2n) is 3.96. The summed E-state index contributed by atoms with van der Waals surface area (Å²) < 4.78 is 4.64. The molecule has 5 heteroatoms. The number of unbranched alkanes of at least 4 members (excludes halogenated alkanes) is 1. The number of ether oxygens (including phenoxy) is 1. The number of methoxy groups -OCH3 is 1. The van der Waals surface area contributed by atoms with Gasteiger partial charge in [-0.3, -0.25) is 4.79 Å². The molecule has 0 fully saturated rings. The Bertz CT molecular complexity index is 231. The molecule has 0 aliphatic heterocycles. The van der Waals surface area contributed by atoms with Crippen LogP contribution in [0.4, 0.5) is 0 Å². The molecule has 0 aliphatic carbocycles. The molecular weight excluding hydrogens is 274 g/mol. The van der Waals surface area contributed by atoms with Gasteiger partial charge in [-0.25, -0.2) is 4.79 Å². The van der Waals surface area contributed by atoms with E-state index >= 15 is 0 Å². The minimum absolute atomic E-state index is 0.0348. The Kier molecular flexibility index (Phi) is 8.25. The SMILES string of the molecule is COC(=O)C(NC(=O)CCCCBr)C(C)C. The summed E-state index contributed by atoms with van der Waals surface area (Å²) in [7, 11) is 1.33. The van der Waals surface area contributed by atoms with Crippen molar-refractivity contribution < 1.29 is 14.3 Å². The van der Waals surface area contributed by atoms with Crippen molar-refractivity contribution in [3.63, 3.8) is 0 Å². The number of carbonyl (C=O) groups excluding carboxylic acids is 2. The van der Waals surface area contributed by atoms with Gasteiger partial charge in [-0.15, -0.1) is 0 Å². The van der Waals surface area contributed by atoms with Gasteiger partial charge in [0.2, 0.25) is 5.91 Å². The smallest absolute Gasteiger partial charge is 0.328 e. The van der Waals surface area contributed by atoms with E-state index in [-0.39, 0.29) is 17.8 Å². The molecule has 0 rings (SSSR count). The van der Waals surface area contributed by atoms with Gasteiger partial charge in [-0.2, -0.15) is 0 Å². The highest BCUT2D eigenvalue weighted by molar-refractivity contribution is 9.09. The van der Waals surface area contributed by atoms with Crippen molar-refractivity contribution in [3.8, 4) is 0 Å². The maximum atomic E-state index is 11.5. The number of hydrogen-bond donors (Lipinski definition) is 1. The molecule has 94 valence electrons. The average molecular weight is 294 g/mol. The Hall–Kier alpha value is -0.580. The van der Waals surface area contributed by atoms with Crippen LogP contribution in [0.3, 0.4) is 0 Å². The van der Waals surface area contributed by atoms with Gasteiger partial charge in [0.25, 0.3) is 0 Å². The summed E-state index contributed by atoms with van der Waals surface area (Å²) in [5.41, 5.74) is 0. The van der Waals surface area contributed by atoms with Crippen LogP contribution in [0.2, 0.25) is 0 Å². The normalized spacial score (nSPS) is 12.3. The number of rotatable bonds is 7. The first kappa shape index (κ1) is 15.4. The Morgan fingerprint density at radius 2 is 1.94 bits per heavy atom. The highest BCUT2D eigenvalue weighted by Crippen LogP contribution is 2.05. The summed E-state index contributed by atoms with van der Waals surface area (Å²) in [6.07, 6.45) is 2.23. The maximum absolute atomic E-state index is 11.5. The lowest BCUT2D eigenvalue weighted by atomic mass is 10.0. The largest absolute Gasteiger partial charge is 0.467 e. The van der Waals surface area contributed by atoms with E-state index in [1.54, 1.807) is 0 Å². The molecule has 0 heterocycles. The second-order valence-corrected chi connectivity index (χ2v) is 4.75. The quantitative estimate of drug-likeness (QED) is 0.443. The third-order valence-corrected chi connectivity index (χ3v) is 2.79. The van der Waals surface area contributed by atoms with E-state index in [9.17, 15) is 9.59 Å². The van der Waals surface area contributed by atoms with Gasteiger partial charge in [0.1, 0.15) is 6.04 Å². The highest BCUT2D eigenvalue weighted by Gasteiger charge is 2.24. The van der Waals surface area contributed by atoms with E-state index < -0.39 is 6.04 Å². The van der Waals surface area contributed by atoms with Crippen LogP contribution in [-0.2, 0) is 14.3 Å². The summed E-state index contributed by atoms with van der Waals surface area (Å²) >= 11 is 3.30. The van der Waals surface area contributed by atoms with Crippen LogP contribution in [0.25, 0.3) is 0 Å². The molecule has 4 nitrogen and oxygen atoms in total. The molecule has 0 radical (unpaired) electrons. The van der Waals surface area contributed by atoms with Gasteiger partial charge in [-0.05, 0) is 18.8 Å². The molecule has 0 spiro atoms. The molecule has 1 unspecified atom stereocenters. The predicted molar refractivity (Wildman–Crippen MR) is 66.4 cm³/mol. The fourth-order valence-corrected chi connectivity index (χ4v) is 1.65. The van der Waals surface area contributed by atoms with Crippen molar-refractivity contribution in [1.82, 2.24) is 5.32 Å². The van der Waals surface area contributed by atoms with Crippen molar-refractivity contribution in [2.24, 2.45) is 5.92 Å². The number of alkyl halides is 1. The Labute approximate surface area is 105 Å². The van der Waals surface area contributed by atoms with E-state index in [4.69, 9.17) is 0 Å².